The van der Waals surface area contributed by atoms with Crippen LogP contribution in [0.4, 0.5) is 0 Å². The van der Waals surface area contributed by atoms with E-state index in [0.29, 0.717) is 0 Å². The lowest BCUT2D eigenvalue weighted by molar-refractivity contribution is 0.114. The Kier molecular flexibility index (Phi) is 13.5. The van der Waals surface area contributed by atoms with E-state index in [2.05, 4.69) is 22.1 Å². The zero-order chi connectivity index (χ0) is 14.6. The number of nitrogens with one attached hydrogen (secondary N) is 1. The monoisotopic (exact) mass is 413 g/mol. The molecule has 1 saturated carbocycles. The van der Waals surface area contributed by atoms with Gasteiger partial charge in [-0.25, -0.2) is 0 Å². The van der Waals surface area contributed by atoms with Crippen molar-refractivity contribution in [2.24, 2.45) is 10.9 Å². The van der Waals surface area contributed by atoms with Crippen LogP contribution in [0.3, 0.4) is 0 Å². The molecule has 1 N–H and O–H groups in total. The molecule has 1 fully saturated rings. The lowest BCUT2D eigenvalue weighted by Crippen LogP contribution is -2.41. The van der Waals surface area contributed by atoms with Crippen LogP contribution in [0.25, 0.3) is 0 Å². The van der Waals surface area contributed by atoms with E-state index in [-0.39, 0.29) is 24.0 Å². The molecule has 0 bridgehead atoms. The van der Waals surface area contributed by atoms with E-state index in [1.54, 1.807) is 0 Å². The van der Waals surface area contributed by atoms with Crippen LogP contribution in [-0.2, 0) is 9.47 Å². The van der Waals surface area contributed by atoms with E-state index in [1.807, 2.05) is 14.1 Å². The summed E-state index contributed by atoms with van der Waals surface area (Å²) in [5, 5.41) is 3.30. The van der Waals surface area contributed by atoms with Crippen LogP contribution >= 0.6 is 24.0 Å². The molecular weight excluding hydrogens is 381 g/mol. The minimum atomic E-state index is 0. The van der Waals surface area contributed by atoms with Gasteiger partial charge in [-0.3, -0.25) is 4.99 Å². The maximum atomic E-state index is 5.64. The molecule has 5 nitrogen and oxygen atoms in total. The van der Waals surface area contributed by atoms with Crippen molar-refractivity contribution >= 4 is 29.9 Å². The number of hydrogen-bond acceptors (Lipinski definition) is 3. The van der Waals surface area contributed by atoms with Gasteiger partial charge in [-0.1, -0.05) is 13.3 Å². The molecule has 0 atom stereocenters. The number of nitrogens with zero attached hydrogens (tertiary/aromatic N) is 2. The Hall–Kier alpha value is -0.0800. The molecule has 0 aliphatic heterocycles. The second kappa shape index (κ2) is 13.6. The molecule has 1 rings (SSSR count). The van der Waals surface area contributed by atoms with Gasteiger partial charge in [0.05, 0.1) is 13.2 Å². The average molecular weight is 413 g/mol. The summed E-state index contributed by atoms with van der Waals surface area (Å²) in [5.74, 6) is 1.73. The number of halogens is 1. The second-order valence-electron chi connectivity index (χ2n) is 5.38. The molecule has 126 valence electrons. The van der Waals surface area contributed by atoms with Crippen LogP contribution < -0.4 is 5.32 Å². The lowest BCUT2D eigenvalue weighted by atomic mass is 10.4. The van der Waals surface area contributed by atoms with E-state index < -0.39 is 0 Å². The van der Waals surface area contributed by atoms with Crippen molar-refractivity contribution in [3.8, 4) is 0 Å². The van der Waals surface area contributed by atoms with Gasteiger partial charge in [-0.2, -0.15) is 0 Å². The fourth-order valence-corrected chi connectivity index (χ4v) is 1.81. The first-order valence-electron chi connectivity index (χ1n) is 7.85. The number of rotatable bonds is 11. The zero-order valence-corrected chi connectivity index (χ0v) is 16.1. The zero-order valence-electron chi connectivity index (χ0n) is 13.8. The van der Waals surface area contributed by atoms with Crippen LogP contribution in [0.1, 0.15) is 32.6 Å². The Morgan fingerprint density at radius 1 is 1.24 bits per heavy atom. The van der Waals surface area contributed by atoms with E-state index in [4.69, 9.17) is 9.47 Å². The normalized spacial score (nSPS) is 14.7. The molecule has 0 saturated heterocycles. The number of guanidine groups is 1. The molecule has 21 heavy (non-hydrogen) atoms. The van der Waals surface area contributed by atoms with Crippen LogP contribution in [0.15, 0.2) is 4.99 Å². The summed E-state index contributed by atoms with van der Waals surface area (Å²) in [5.41, 5.74) is 0. The number of aliphatic imine (C=N–C) groups is 1. The largest absolute Gasteiger partial charge is 0.380 e. The Morgan fingerprint density at radius 3 is 2.62 bits per heavy atom. The fourth-order valence-electron chi connectivity index (χ4n) is 1.81. The predicted molar refractivity (Wildman–Crippen MR) is 98.7 cm³/mol. The molecule has 6 heteroatoms. The summed E-state index contributed by atoms with van der Waals surface area (Å²) < 4.78 is 11.2. The number of ether oxygens (including phenoxy) is 2. The van der Waals surface area contributed by atoms with Gasteiger partial charge in [-0.05, 0) is 25.2 Å². The molecular formula is C15H32IN3O2. The van der Waals surface area contributed by atoms with Gasteiger partial charge in [0.2, 0.25) is 0 Å². The van der Waals surface area contributed by atoms with Crippen molar-refractivity contribution in [2.75, 3.05) is 53.6 Å². The van der Waals surface area contributed by atoms with Gasteiger partial charge in [0.1, 0.15) is 0 Å². The molecule has 1 aliphatic carbocycles. The molecule has 0 spiro atoms. The van der Waals surface area contributed by atoms with Crippen LogP contribution in [0.5, 0.6) is 0 Å². The van der Waals surface area contributed by atoms with Crippen LogP contribution in [0.2, 0.25) is 0 Å². The maximum absolute atomic E-state index is 5.64. The molecule has 0 aromatic heterocycles. The molecule has 0 aromatic carbocycles. The Labute approximate surface area is 146 Å². The first kappa shape index (κ1) is 20.9. The molecule has 0 aromatic rings. The highest BCUT2D eigenvalue weighted by molar-refractivity contribution is 14.0. The maximum Gasteiger partial charge on any atom is 0.193 e. The SMILES string of the molecule is CCCCOCCNC(=NC)N(C)CCOCC1CC1.I. The average Bonchev–Trinajstić information content (AvgIpc) is 3.27. The summed E-state index contributed by atoms with van der Waals surface area (Å²) in [7, 11) is 3.84. The van der Waals surface area contributed by atoms with Gasteiger partial charge in [0.25, 0.3) is 0 Å². The highest BCUT2D eigenvalue weighted by Crippen LogP contribution is 2.28. The highest BCUT2D eigenvalue weighted by Gasteiger charge is 2.21. The molecule has 0 unspecified atom stereocenters. The minimum absolute atomic E-state index is 0. The van der Waals surface area contributed by atoms with Crippen molar-refractivity contribution < 1.29 is 9.47 Å². The molecule has 0 heterocycles. The van der Waals surface area contributed by atoms with Crippen molar-refractivity contribution in [3.05, 3.63) is 0 Å². The van der Waals surface area contributed by atoms with E-state index in [1.165, 1.54) is 19.3 Å². The highest BCUT2D eigenvalue weighted by atomic mass is 127. The summed E-state index contributed by atoms with van der Waals surface area (Å²) in [6.45, 7) is 7.09. The molecule has 0 amide bonds. The minimum Gasteiger partial charge on any atom is -0.380 e. The van der Waals surface area contributed by atoms with Crippen molar-refractivity contribution in [3.63, 3.8) is 0 Å². The Bertz CT molecular complexity index is 274. The third-order valence-electron chi connectivity index (χ3n) is 3.37. The van der Waals surface area contributed by atoms with Gasteiger partial charge in [0.15, 0.2) is 5.96 Å². The first-order valence-corrected chi connectivity index (χ1v) is 7.85. The molecule has 0 radical (unpaired) electrons. The van der Waals surface area contributed by atoms with E-state index in [9.17, 15) is 0 Å². The Balaban J connectivity index is 0.00000400. The fraction of sp³-hybridized carbons (Fsp3) is 0.933. The third kappa shape index (κ3) is 11.2. The summed E-state index contributed by atoms with van der Waals surface area (Å²) in [4.78, 5) is 6.36. The molecule has 1 aliphatic rings. The van der Waals surface area contributed by atoms with Crippen LogP contribution in [0, 0.1) is 5.92 Å². The quantitative estimate of drug-likeness (QED) is 0.245. The van der Waals surface area contributed by atoms with Crippen molar-refractivity contribution in [1.82, 2.24) is 10.2 Å². The van der Waals surface area contributed by atoms with Gasteiger partial charge < -0.3 is 19.7 Å². The van der Waals surface area contributed by atoms with Crippen molar-refractivity contribution in [2.45, 2.75) is 32.6 Å². The lowest BCUT2D eigenvalue weighted by Gasteiger charge is -2.22. The van der Waals surface area contributed by atoms with Gasteiger partial charge >= 0.3 is 0 Å². The van der Waals surface area contributed by atoms with E-state index >= 15 is 0 Å². The summed E-state index contributed by atoms with van der Waals surface area (Å²) >= 11 is 0. The topological polar surface area (TPSA) is 46.1 Å². The van der Waals surface area contributed by atoms with Gasteiger partial charge in [0, 0.05) is 40.4 Å². The summed E-state index contributed by atoms with van der Waals surface area (Å²) in [6, 6.07) is 0. The third-order valence-corrected chi connectivity index (χ3v) is 3.37. The van der Waals surface area contributed by atoms with E-state index in [0.717, 1.165) is 57.8 Å². The number of hydrogen-bond donors (Lipinski definition) is 1. The second-order valence-corrected chi connectivity index (χ2v) is 5.38. The predicted octanol–water partition coefficient (Wildman–Crippen LogP) is 2.35. The number of likely N-dealkylation sites (N-methyl/N-ethyl adjacent to an activating group) is 1. The Morgan fingerprint density at radius 2 is 2.00 bits per heavy atom. The van der Waals surface area contributed by atoms with Crippen LogP contribution in [-0.4, -0.2) is 64.5 Å². The smallest absolute Gasteiger partial charge is 0.193 e. The summed E-state index contributed by atoms with van der Waals surface area (Å²) in [6.07, 6.45) is 5.00. The van der Waals surface area contributed by atoms with Crippen molar-refractivity contribution in [1.29, 1.82) is 0 Å². The number of unbranched alkanes of at least 4 members (excludes halogenated alkanes) is 1. The standard InChI is InChI=1S/C15H31N3O2.HI/c1-4-5-10-19-11-8-17-15(16-2)18(3)9-12-20-13-14-6-7-14;/h14H,4-13H2,1-3H3,(H,16,17);1H. The first-order chi connectivity index (χ1) is 9.77. The van der Waals surface area contributed by atoms with Gasteiger partial charge in [-0.15, -0.1) is 24.0 Å².